The van der Waals surface area contributed by atoms with Crippen LogP contribution < -0.4 is 0 Å². The summed E-state index contributed by atoms with van der Waals surface area (Å²) in [6.45, 7) is 10.3. The molecule has 0 spiro atoms. The zero-order valence-corrected chi connectivity index (χ0v) is 13.5. The molecule has 0 N–H and O–H groups in total. The highest BCUT2D eigenvalue weighted by Gasteiger charge is 2.43. The maximum Gasteiger partial charge on any atom is 0.471 e. The summed E-state index contributed by atoms with van der Waals surface area (Å²) in [6, 6.07) is 5.81. The monoisotopic (exact) mass is 342 g/mol. The molecule has 24 heavy (non-hydrogen) atoms. The third-order valence-corrected chi connectivity index (χ3v) is 2.68. The molecule has 1 rings (SSSR count). The van der Waals surface area contributed by atoms with Crippen molar-refractivity contribution in [1.82, 2.24) is 4.90 Å². The van der Waals surface area contributed by atoms with Crippen molar-refractivity contribution in [3.05, 3.63) is 41.2 Å². The first-order chi connectivity index (χ1) is 10.9. The van der Waals surface area contributed by atoms with Gasteiger partial charge in [0.1, 0.15) is 12.1 Å². The summed E-state index contributed by atoms with van der Waals surface area (Å²) >= 11 is 0. The lowest BCUT2D eigenvalue weighted by molar-refractivity contribution is -0.188. The quantitative estimate of drug-likeness (QED) is 0.622. The Bertz CT molecular complexity index is 658. The predicted octanol–water partition coefficient (Wildman–Crippen LogP) is 3.47. The van der Waals surface area contributed by atoms with E-state index in [0.29, 0.717) is 10.5 Å². The molecule has 0 aliphatic heterocycles. The number of carbonyl (C=O) groups excluding carboxylic acids is 2. The molecule has 5 nitrogen and oxygen atoms in total. The molecule has 1 aromatic carbocycles. The summed E-state index contributed by atoms with van der Waals surface area (Å²) < 4.78 is 43.2. The van der Waals surface area contributed by atoms with E-state index >= 15 is 0 Å². The molecule has 0 aliphatic carbocycles. The zero-order chi connectivity index (χ0) is 18.5. The molecular formula is C16H17F3N2O3. The predicted molar refractivity (Wildman–Crippen MR) is 80.0 cm³/mol. The molecule has 8 heteroatoms. The van der Waals surface area contributed by atoms with E-state index in [1.54, 1.807) is 20.8 Å². The molecule has 0 aliphatic rings. The number of nitrogens with zero attached hydrogens (tertiary/aromatic N) is 2. The Balaban J connectivity index is 2.99. The molecule has 0 fully saturated rings. The maximum absolute atomic E-state index is 12.7. The number of amides is 1. The molecule has 1 amide bonds. The summed E-state index contributed by atoms with van der Waals surface area (Å²) in [5.41, 5.74) is -0.345. The Morgan fingerprint density at radius 1 is 1.25 bits per heavy atom. The van der Waals surface area contributed by atoms with E-state index in [0.717, 1.165) is 0 Å². The minimum atomic E-state index is -5.11. The lowest BCUT2D eigenvalue weighted by Gasteiger charge is -2.26. The van der Waals surface area contributed by atoms with Gasteiger partial charge in [-0.2, -0.15) is 13.2 Å². The molecule has 0 heterocycles. The van der Waals surface area contributed by atoms with Gasteiger partial charge in [-0.15, -0.1) is 0 Å². The first-order valence-corrected chi connectivity index (χ1v) is 6.97. The van der Waals surface area contributed by atoms with Crippen molar-refractivity contribution < 1.29 is 27.5 Å². The Hall–Kier alpha value is -2.56. The minimum Gasteiger partial charge on any atom is -0.459 e. The van der Waals surface area contributed by atoms with Gasteiger partial charge in [-0.1, -0.05) is 24.3 Å². The topological polar surface area (TPSA) is 51.0 Å². The molecule has 1 aromatic rings. The fourth-order valence-corrected chi connectivity index (χ4v) is 1.85. The Labute approximate surface area is 137 Å². The molecule has 0 bridgehead atoms. The van der Waals surface area contributed by atoms with Gasteiger partial charge in [0.2, 0.25) is 0 Å². The van der Waals surface area contributed by atoms with Gasteiger partial charge in [0.15, 0.2) is 5.69 Å². The fourth-order valence-electron chi connectivity index (χ4n) is 1.85. The summed E-state index contributed by atoms with van der Waals surface area (Å²) in [5, 5.41) is 0. The third kappa shape index (κ3) is 6.28. The van der Waals surface area contributed by atoms with Gasteiger partial charge in [-0.3, -0.25) is 9.59 Å². The van der Waals surface area contributed by atoms with E-state index in [-0.39, 0.29) is 5.69 Å². The number of rotatable bonds is 4. The van der Waals surface area contributed by atoms with E-state index in [9.17, 15) is 22.8 Å². The molecule has 0 atom stereocenters. The maximum atomic E-state index is 12.7. The number of carbonyl (C=O) groups is 2. The Kier molecular flexibility index (Phi) is 5.96. The normalized spacial score (nSPS) is 11.5. The Morgan fingerprint density at radius 2 is 1.88 bits per heavy atom. The van der Waals surface area contributed by atoms with Crippen LogP contribution in [0.3, 0.4) is 0 Å². The zero-order valence-electron chi connectivity index (χ0n) is 13.5. The van der Waals surface area contributed by atoms with Crippen LogP contribution in [-0.2, 0) is 20.9 Å². The van der Waals surface area contributed by atoms with Gasteiger partial charge < -0.3 is 9.64 Å². The largest absolute Gasteiger partial charge is 0.471 e. The standard InChI is InChI=1S/C16H17F3N2O3/c1-15(2,3)24-13(22)10-21(14(23)16(17,18)19)9-11-6-5-7-12(8-11)20-4/h5-8H,9-10H2,1-3H3. The first kappa shape index (κ1) is 19.5. The number of benzene rings is 1. The van der Waals surface area contributed by atoms with Crippen molar-refractivity contribution in [3.63, 3.8) is 0 Å². The molecular weight excluding hydrogens is 325 g/mol. The van der Waals surface area contributed by atoms with Crippen LogP contribution in [0.4, 0.5) is 18.9 Å². The second-order valence-electron chi connectivity index (χ2n) is 6.03. The number of ether oxygens (including phenoxy) is 1. The van der Waals surface area contributed by atoms with Gasteiger partial charge in [0, 0.05) is 6.54 Å². The highest BCUT2D eigenvalue weighted by Crippen LogP contribution is 2.22. The lowest BCUT2D eigenvalue weighted by Crippen LogP contribution is -2.44. The first-order valence-electron chi connectivity index (χ1n) is 6.97. The molecule has 0 saturated heterocycles. The fraction of sp³-hybridized carbons (Fsp3) is 0.438. The van der Waals surface area contributed by atoms with Crippen LogP contribution in [0.5, 0.6) is 0 Å². The summed E-state index contributed by atoms with van der Waals surface area (Å²) in [4.78, 5) is 26.9. The average molecular weight is 342 g/mol. The highest BCUT2D eigenvalue weighted by molar-refractivity contribution is 5.86. The average Bonchev–Trinajstić information content (AvgIpc) is 2.43. The number of hydrogen-bond acceptors (Lipinski definition) is 3. The van der Waals surface area contributed by atoms with Gasteiger partial charge >= 0.3 is 18.1 Å². The SMILES string of the molecule is [C-]#[N+]c1cccc(CN(CC(=O)OC(C)(C)C)C(=O)C(F)(F)F)c1. The molecule has 0 radical (unpaired) electrons. The van der Waals surface area contributed by atoms with E-state index in [1.165, 1.54) is 24.3 Å². The van der Waals surface area contributed by atoms with Crippen molar-refractivity contribution in [2.75, 3.05) is 6.54 Å². The Morgan fingerprint density at radius 3 is 2.38 bits per heavy atom. The summed E-state index contributed by atoms with van der Waals surface area (Å²) in [6.07, 6.45) is -5.11. The second kappa shape index (κ2) is 7.34. The van der Waals surface area contributed by atoms with Crippen molar-refractivity contribution in [3.8, 4) is 0 Å². The summed E-state index contributed by atoms with van der Waals surface area (Å²) in [5.74, 6) is -3.08. The van der Waals surface area contributed by atoms with Crippen LogP contribution in [0.25, 0.3) is 4.85 Å². The molecule has 0 saturated carbocycles. The van der Waals surface area contributed by atoms with E-state index in [4.69, 9.17) is 11.3 Å². The van der Waals surface area contributed by atoms with Gasteiger partial charge in [-0.25, -0.2) is 4.85 Å². The second-order valence-corrected chi connectivity index (χ2v) is 6.03. The van der Waals surface area contributed by atoms with Gasteiger partial charge in [0.25, 0.3) is 0 Å². The number of hydrogen-bond donors (Lipinski definition) is 0. The minimum absolute atomic E-state index is 0.226. The molecule has 0 unspecified atom stereocenters. The van der Waals surface area contributed by atoms with Crippen molar-refractivity contribution in [1.29, 1.82) is 0 Å². The van der Waals surface area contributed by atoms with Crippen LogP contribution in [-0.4, -0.2) is 35.1 Å². The van der Waals surface area contributed by atoms with Gasteiger partial charge in [-0.05, 0) is 26.3 Å². The van der Waals surface area contributed by atoms with Crippen LogP contribution in [0, 0.1) is 6.57 Å². The van der Waals surface area contributed by atoms with Crippen LogP contribution in [0.1, 0.15) is 26.3 Å². The molecule has 130 valence electrons. The highest BCUT2D eigenvalue weighted by atomic mass is 19.4. The lowest BCUT2D eigenvalue weighted by atomic mass is 10.2. The van der Waals surface area contributed by atoms with Gasteiger partial charge in [0.05, 0.1) is 6.57 Å². The van der Waals surface area contributed by atoms with Crippen molar-refractivity contribution >= 4 is 17.6 Å². The van der Waals surface area contributed by atoms with Crippen molar-refractivity contribution in [2.45, 2.75) is 39.1 Å². The van der Waals surface area contributed by atoms with E-state index in [1.807, 2.05) is 0 Å². The third-order valence-electron chi connectivity index (χ3n) is 2.68. The van der Waals surface area contributed by atoms with E-state index < -0.39 is 36.7 Å². The number of esters is 1. The smallest absolute Gasteiger partial charge is 0.459 e. The van der Waals surface area contributed by atoms with Crippen LogP contribution in [0.2, 0.25) is 0 Å². The molecule has 0 aromatic heterocycles. The summed E-state index contributed by atoms with van der Waals surface area (Å²) in [7, 11) is 0. The van der Waals surface area contributed by atoms with Crippen LogP contribution in [0.15, 0.2) is 24.3 Å². The van der Waals surface area contributed by atoms with Crippen molar-refractivity contribution in [2.24, 2.45) is 0 Å². The van der Waals surface area contributed by atoms with E-state index in [2.05, 4.69) is 4.85 Å². The number of alkyl halides is 3. The number of halogens is 3. The van der Waals surface area contributed by atoms with Crippen LogP contribution >= 0.6 is 0 Å².